The van der Waals surface area contributed by atoms with E-state index in [1.165, 1.54) is 12.1 Å². The van der Waals surface area contributed by atoms with Gasteiger partial charge in [-0.15, -0.1) is 0 Å². The molecule has 3 aromatic rings. The van der Waals surface area contributed by atoms with Crippen LogP contribution in [-0.4, -0.2) is 11.5 Å². The Bertz CT molecular complexity index is 1070. The van der Waals surface area contributed by atoms with Gasteiger partial charge in [0.05, 0.1) is 16.6 Å². The molecule has 8 heteroatoms. The van der Waals surface area contributed by atoms with Crippen molar-refractivity contribution in [1.29, 1.82) is 0 Å². The Morgan fingerprint density at radius 2 is 1.74 bits per heavy atom. The highest BCUT2D eigenvalue weighted by Crippen LogP contribution is 2.37. The van der Waals surface area contributed by atoms with Gasteiger partial charge in [0.1, 0.15) is 6.61 Å². The molecule has 1 N–H and O–H groups in total. The monoisotopic (exact) mass is 460 g/mol. The van der Waals surface area contributed by atoms with E-state index in [0.717, 1.165) is 22.4 Å². The maximum absolute atomic E-state index is 10.8. The molecular weight excluding hydrogens is 439 g/mol. The Morgan fingerprint density at radius 3 is 2.42 bits per heavy atom. The highest BCUT2D eigenvalue weighted by molar-refractivity contribution is 6.32. The van der Waals surface area contributed by atoms with E-state index in [2.05, 4.69) is 5.32 Å². The Balaban J connectivity index is 1.75. The van der Waals surface area contributed by atoms with Gasteiger partial charge in [-0.25, -0.2) is 0 Å². The molecule has 0 heterocycles. The maximum Gasteiger partial charge on any atom is 0.269 e. The van der Waals surface area contributed by atoms with Crippen molar-refractivity contribution in [3.8, 4) is 11.5 Å². The molecule has 0 spiro atoms. The zero-order chi connectivity index (χ0) is 22.4. The van der Waals surface area contributed by atoms with E-state index in [4.69, 9.17) is 32.7 Å². The van der Waals surface area contributed by atoms with Gasteiger partial charge in [-0.1, -0.05) is 29.3 Å². The summed E-state index contributed by atoms with van der Waals surface area (Å²) in [4.78, 5) is 10.4. The normalized spacial score (nSPS) is 10.6. The zero-order valence-corrected chi connectivity index (χ0v) is 18.7. The number of hydrogen-bond donors (Lipinski definition) is 1. The summed E-state index contributed by atoms with van der Waals surface area (Å²) in [6.07, 6.45) is 0. The van der Waals surface area contributed by atoms with E-state index in [1.807, 2.05) is 44.2 Å². The first kappa shape index (κ1) is 22.7. The molecule has 0 aromatic heterocycles. The lowest BCUT2D eigenvalue weighted by Crippen LogP contribution is -2.04. The molecule has 0 atom stereocenters. The van der Waals surface area contributed by atoms with Crippen LogP contribution in [0.1, 0.15) is 23.6 Å². The third kappa shape index (κ3) is 5.81. The summed E-state index contributed by atoms with van der Waals surface area (Å²) in [5.41, 5.74) is 3.66. The Kier molecular flexibility index (Phi) is 7.60. The summed E-state index contributed by atoms with van der Waals surface area (Å²) >= 11 is 12.7. The fraction of sp³-hybridized carbons (Fsp3) is 0.217. The van der Waals surface area contributed by atoms with Crippen LogP contribution in [0.2, 0.25) is 10.0 Å². The second-order valence-corrected chi connectivity index (χ2v) is 7.63. The third-order valence-electron chi connectivity index (χ3n) is 4.65. The fourth-order valence-electron chi connectivity index (χ4n) is 2.99. The summed E-state index contributed by atoms with van der Waals surface area (Å²) < 4.78 is 11.6. The summed E-state index contributed by atoms with van der Waals surface area (Å²) in [6.45, 7) is 5.03. The quantitative estimate of drug-likeness (QED) is 0.280. The van der Waals surface area contributed by atoms with Crippen LogP contribution >= 0.6 is 23.2 Å². The zero-order valence-electron chi connectivity index (χ0n) is 17.2. The number of nitrogens with one attached hydrogen (secondary N) is 1. The van der Waals surface area contributed by atoms with Gasteiger partial charge in [0.25, 0.3) is 5.69 Å². The largest absolute Gasteiger partial charge is 0.490 e. The van der Waals surface area contributed by atoms with E-state index in [9.17, 15) is 10.1 Å². The third-order valence-corrected chi connectivity index (χ3v) is 5.34. The summed E-state index contributed by atoms with van der Waals surface area (Å²) in [5.74, 6) is 0.973. The van der Waals surface area contributed by atoms with Gasteiger partial charge in [0.2, 0.25) is 0 Å². The van der Waals surface area contributed by atoms with E-state index < -0.39 is 4.92 Å². The summed E-state index contributed by atoms with van der Waals surface area (Å²) in [7, 11) is 0. The Labute approximate surface area is 190 Å². The molecule has 0 aliphatic carbocycles. The summed E-state index contributed by atoms with van der Waals surface area (Å²) in [6, 6.07) is 15.6. The number of nitro benzene ring substituents is 1. The first-order chi connectivity index (χ1) is 14.9. The minimum Gasteiger partial charge on any atom is -0.490 e. The maximum atomic E-state index is 10.8. The molecule has 0 aliphatic rings. The first-order valence-corrected chi connectivity index (χ1v) is 10.4. The van der Waals surface area contributed by atoms with E-state index in [1.54, 1.807) is 12.1 Å². The number of nitrogens with zero attached hydrogens (tertiary/aromatic N) is 1. The van der Waals surface area contributed by atoms with Crippen molar-refractivity contribution in [2.45, 2.75) is 27.0 Å². The molecule has 0 amide bonds. The number of rotatable bonds is 9. The highest BCUT2D eigenvalue weighted by Gasteiger charge is 2.14. The molecule has 0 fully saturated rings. The lowest BCUT2D eigenvalue weighted by atomic mass is 10.1. The van der Waals surface area contributed by atoms with E-state index in [0.29, 0.717) is 34.7 Å². The lowest BCUT2D eigenvalue weighted by molar-refractivity contribution is -0.384. The number of ether oxygens (including phenoxy) is 2. The van der Waals surface area contributed by atoms with Gasteiger partial charge in [-0.2, -0.15) is 0 Å². The van der Waals surface area contributed by atoms with Crippen molar-refractivity contribution in [2.24, 2.45) is 0 Å². The van der Waals surface area contributed by atoms with Crippen LogP contribution in [0.15, 0.2) is 54.6 Å². The van der Waals surface area contributed by atoms with Crippen molar-refractivity contribution in [3.63, 3.8) is 0 Å². The van der Waals surface area contributed by atoms with Crippen molar-refractivity contribution in [2.75, 3.05) is 11.9 Å². The predicted octanol–water partition coefficient (Wildman–Crippen LogP) is 6.80. The van der Waals surface area contributed by atoms with Gasteiger partial charge in [-0.05, 0) is 66.9 Å². The number of hydrogen-bond acceptors (Lipinski definition) is 5. The molecule has 3 rings (SSSR count). The highest BCUT2D eigenvalue weighted by atomic mass is 35.5. The van der Waals surface area contributed by atoms with Crippen LogP contribution in [0.3, 0.4) is 0 Å². The topological polar surface area (TPSA) is 73.6 Å². The van der Waals surface area contributed by atoms with Crippen LogP contribution in [0.5, 0.6) is 11.5 Å². The van der Waals surface area contributed by atoms with Crippen LogP contribution in [0.25, 0.3) is 0 Å². The molecule has 0 saturated heterocycles. The molecule has 0 bridgehead atoms. The molecule has 31 heavy (non-hydrogen) atoms. The van der Waals surface area contributed by atoms with Gasteiger partial charge in [0.15, 0.2) is 11.5 Å². The minimum atomic E-state index is -0.438. The lowest BCUT2D eigenvalue weighted by Gasteiger charge is -2.16. The van der Waals surface area contributed by atoms with Gasteiger partial charge < -0.3 is 14.8 Å². The van der Waals surface area contributed by atoms with Crippen molar-refractivity contribution in [1.82, 2.24) is 0 Å². The molecule has 162 valence electrons. The van der Waals surface area contributed by atoms with Gasteiger partial charge in [0, 0.05) is 29.4 Å². The average molecular weight is 461 g/mol. The van der Waals surface area contributed by atoms with Gasteiger partial charge >= 0.3 is 0 Å². The Hall–Kier alpha value is -2.96. The number of halogens is 2. The van der Waals surface area contributed by atoms with Crippen molar-refractivity contribution >= 4 is 34.6 Å². The Morgan fingerprint density at radius 1 is 1.00 bits per heavy atom. The van der Waals surface area contributed by atoms with Gasteiger partial charge in [-0.3, -0.25) is 10.1 Å². The number of non-ortho nitro benzene ring substituents is 1. The second-order valence-electron chi connectivity index (χ2n) is 6.82. The van der Waals surface area contributed by atoms with Crippen LogP contribution in [0.4, 0.5) is 11.4 Å². The standard InChI is InChI=1S/C23H22Cl2N2O4/c1-3-30-22-12-17(13-26-21-6-4-5-19(24)15(21)2)11-20(25)23(22)31-14-16-7-9-18(10-8-16)27(28)29/h4-12,26H,3,13-14H2,1-2H3. The molecule has 0 saturated carbocycles. The van der Waals surface area contributed by atoms with Crippen LogP contribution in [-0.2, 0) is 13.2 Å². The number of nitro groups is 1. The van der Waals surface area contributed by atoms with Crippen LogP contribution < -0.4 is 14.8 Å². The second kappa shape index (κ2) is 10.4. The first-order valence-electron chi connectivity index (χ1n) is 9.69. The molecule has 6 nitrogen and oxygen atoms in total. The van der Waals surface area contributed by atoms with E-state index in [-0.39, 0.29) is 12.3 Å². The smallest absolute Gasteiger partial charge is 0.269 e. The number of benzene rings is 3. The summed E-state index contributed by atoms with van der Waals surface area (Å²) in [5, 5.41) is 15.3. The molecule has 0 unspecified atom stereocenters. The molecule has 3 aromatic carbocycles. The van der Waals surface area contributed by atoms with Crippen LogP contribution in [0, 0.1) is 17.0 Å². The SMILES string of the molecule is CCOc1cc(CNc2cccc(Cl)c2C)cc(Cl)c1OCc1ccc([N+](=O)[O-])cc1. The molecular formula is C23H22Cl2N2O4. The average Bonchev–Trinajstić information content (AvgIpc) is 2.74. The van der Waals surface area contributed by atoms with E-state index >= 15 is 0 Å². The molecule has 0 aliphatic heterocycles. The van der Waals surface area contributed by atoms with Crippen molar-refractivity contribution < 1.29 is 14.4 Å². The minimum absolute atomic E-state index is 0.0311. The predicted molar refractivity (Wildman–Crippen MR) is 124 cm³/mol. The molecule has 0 radical (unpaired) electrons. The van der Waals surface area contributed by atoms with Crippen molar-refractivity contribution in [3.05, 3.63) is 91.4 Å². The number of anilines is 1. The fourth-order valence-corrected chi connectivity index (χ4v) is 3.45.